The lowest BCUT2D eigenvalue weighted by Crippen LogP contribution is -2.32. The van der Waals surface area contributed by atoms with Crippen molar-refractivity contribution < 1.29 is 9.53 Å². The number of aromatic nitrogens is 1. The summed E-state index contributed by atoms with van der Waals surface area (Å²) in [5.41, 5.74) is 5.84. The highest BCUT2D eigenvalue weighted by Crippen LogP contribution is 2.25. The molecule has 1 aromatic rings. The molecule has 0 unspecified atom stereocenters. The van der Waals surface area contributed by atoms with E-state index in [-0.39, 0.29) is 5.91 Å². The quantitative estimate of drug-likeness (QED) is 0.747. The smallest absolute Gasteiger partial charge is 0.265 e. The van der Waals surface area contributed by atoms with Crippen molar-refractivity contribution in [2.75, 3.05) is 37.4 Å². The van der Waals surface area contributed by atoms with Gasteiger partial charge in [-0.05, 0) is 24.7 Å². The van der Waals surface area contributed by atoms with Crippen LogP contribution in [-0.2, 0) is 4.74 Å². The Morgan fingerprint density at radius 2 is 2.19 bits per heavy atom. The van der Waals surface area contributed by atoms with E-state index in [1.54, 1.807) is 0 Å². The normalized spacial score (nSPS) is 16.1. The summed E-state index contributed by atoms with van der Waals surface area (Å²) >= 11 is 1.31. The molecule has 6 nitrogen and oxygen atoms in total. The maximum Gasteiger partial charge on any atom is 0.265 e. The van der Waals surface area contributed by atoms with Crippen LogP contribution in [-0.4, -0.2) is 37.2 Å². The molecule has 1 fully saturated rings. The van der Waals surface area contributed by atoms with E-state index in [1.807, 2.05) is 0 Å². The minimum absolute atomic E-state index is 0.130. The predicted molar refractivity (Wildman–Crippen MR) is 85.7 cm³/mol. The first-order chi connectivity index (χ1) is 10.1. The summed E-state index contributed by atoms with van der Waals surface area (Å²) in [5, 5.41) is 6.86. The van der Waals surface area contributed by atoms with E-state index in [1.165, 1.54) is 11.3 Å². The SMILES string of the molecule is CC(C)CNc1nc(N)c(C(=O)NCC2CCOCC2)s1. The maximum absolute atomic E-state index is 12.2. The fourth-order valence-electron chi connectivity index (χ4n) is 2.13. The second kappa shape index (κ2) is 7.61. The van der Waals surface area contributed by atoms with Gasteiger partial charge in [0.25, 0.3) is 5.91 Å². The highest BCUT2D eigenvalue weighted by Gasteiger charge is 2.19. The van der Waals surface area contributed by atoms with Crippen molar-refractivity contribution >= 4 is 28.2 Å². The standard InChI is InChI=1S/C14H24N4O2S/c1-9(2)7-17-14-18-12(15)11(21-14)13(19)16-8-10-3-5-20-6-4-10/h9-10H,3-8,15H2,1-2H3,(H,16,19)(H,17,18). The molecule has 0 atom stereocenters. The third kappa shape index (κ3) is 4.86. The number of ether oxygens (including phenoxy) is 1. The first-order valence-electron chi connectivity index (χ1n) is 7.42. The van der Waals surface area contributed by atoms with Gasteiger partial charge in [0.1, 0.15) is 10.7 Å². The summed E-state index contributed by atoms with van der Waals surface area (Å²) in [6.45, 7) is 7.29. The van der Waals surface area contributed by atoms with Crippen LogP contribution in [0, 0.1) is 11.8 Å². The molecular formula is C14H24N4O2S. The van der Waals surface area contributed by atoms with E-state index in [9.17, 15) is 4.79 Å². The first kappa shape index (κ1) is 16.0. The first-order valence-corrected chi connectivity index (χ1v) is 8.24. The van der Waals surface area contributed by atoms with E-state index in [4.69, 9.17) is 10.5 Å². The van der Waals surface area contributed by atoms with Crippen LogP contribution < -0.4 is 16.4 Å². The Bertz CT molecular complexity index is 470. The molecule has 1 amide bonds. The van der Waals surface area contributed by atoms with E-state index < -0.39 is 0 Å². The van der Waals surface area contributed by atoms with Crippen LogP contribution in [0.5, 0.6) is 0 Å². The highest BCUT2D eigenvalue weighted by atomic mass is 32.1. The Kier molecular flexibility index (Phi) is 5.81. The van der Waals surface area contributed by atoms with Gasteiger partial charge in [-0.3, -0.25) is 4.79 Å². The fraction of sp³-hybridized carbons (Fsp3) is 0.714. The number of carbonyl (C=O) groups excluding carboxylic acids is 1. The number of amides is 1. The van der Waals surface area contributed by atoms with Crippen molar-refractivity contribution in [3.8, 4) is 0 Å². The summed E-state index contributed by atoms with van der Waals surface area (Å²) in [4.78, 5) is 16.9. The van der Waals surface area contributed by atoms with Crippen molar-refractivity contribution in [2.24, 2.45) is 11.8 Å². The number of anilines is 2. The Balaban J connectivity index is 1.86. The third-order valence-electron chi connectivity index (χ3n) is 3.41. The van der Waals surface area contributed by atoms with Crippen LogP contribution in [0.1, 0.15) is 36.4 Å². The Morgan fingerprint density at radius 3 is 2.86 bits per heavy atom. The topological polar surface area (TPSA) is 89.3 Å². The number of rotatable bonds is 6. The molecule has 0 spiro atoms. The van der Waals surface area contributed by atoms with Crippen LogP contribution >= 0.6 is 11.3 Å². The van der Waals surface area contributed by atoms with Crippen molar-refractivity contribution in [1.82, 2.24) is 10.3 Å². The van der Waals surface area contributed by atoms with Crippen molar-refractivity contribution in [3.63, 3.8) is 0 Å². The second-order valence-corrected chi connectivity index (χ2v) is 6.77. The lowest BCUT2D eigenvalue weighted by molar-refractivity contribution is 0.0643. The largest absolute Gasteiger partial charge is 0.382 e. The molecule has 1 saturated heterocycles. The molecule has 1 aliphatic rings. The summed E-state index contributed by atoms with van der Waals surface area (Å²) < 4.78 is 5.31. The van der Waals surface area contributed by atoms with E-state index in [2.05, 4.69) is 29.5 Å². The molecule has 4 N–H and O–H groups in total. The van der Waals surface area contributed by atoms with Gasteiger partial charge in [0.15, 0.2) is 5.13 Å². The molecule has 0 bridgehead atoms. The molecule has 1 aromatic heterocycles. The van der Waals surface area contributed by atoms with Crippen LogP contribution in [0.25, 0.3) is 0 Å². The number of thiazole rings is 1. The van der Waals surface area contributed by atoms with Crippen LogP contribution in [0.2, 0.25) is 0 Å². The zero-order chi connectivity index (χ0) is 15.2. The summed E-state index contributed by atoms with van der Waals surface area (Å²) in [6.07, 6.45) is 2.00. The number of hydrogen-bond donors (Lipinski definition) is 3. The van der Waals surface area contributed by atoms with Gasteiger partial charge in [-0.15, -0.1) is 0 Å². The molecule has 118 valence electrons. The van der Waals surface area contributed by atoms with Gasteiger partial charge >= 0.3 is 0 Å². The molecule has 2 rings (SSSR count). The molecule has 7 heteroatoms. The van der Waals surface area contributed by atoms with E-state index in [0.717, 1.165) is 32.6 Å². The number of nitrogens with zero attached hydrogens (tertiary/aromatic N) is 1. The highest BCUT2D eigenvalue weighted by molar-refractivity contribution is 7.18. The Labute approximate surface area is 129 Å². The summed E-state index contributed by atoms with van der Waals surface area (Å²) in [5.74, 6) is 1.18. The number of nitrogens with two attached hydrogens (primary N) is 1. The molecule has 0 aliphatic carbocycles. The molecule has 21 heavy (non-hydrogen) atoms. The van der Waals surface area contributed by atoms with Gasteiger partial charge in [-0.1, -0.05) is 25.2 Å². The molecule has 2 heterocycles. The van der Waals surface area contributed by atoms with Gasteiger partial charge in [-0.25, -0.2) is 4.98 Å². The molecule has 1 aliphatic heterocycles. The summed E-state index contributed by atoms with van der Waals surface area (Å²) in [6, 6.07) is 0. The number of carbonyl (C=O) groups is 1. The Hall–Kier alpha value is -1.34. The molecule has 0 saturated carbocycles. The van der Waals surface area contributed by atoms with Crippen molar-refractivity contribution in [3.05, 3.63) is 4.88 Å². The number of nitrogens with one attached hydrogen (secondary N) is 2. The zero-order valence-electron chi connectivity index (χ0n) is 12.6. The van der Waals surface area contributed by atoms with Crippen LogP contribution in [0.4, 0.5) is 10.9 Å². The maximum atomic E-state index is 12.2. The lowest BCUT2D eigenvalue weighted by atomic mass is 10.0. The minimum Gasteiger partial charge on any atom is -0.382 e. The molecule has 0 aromatic carbocycles. The van der Waals surface area contributed by atoms with Crippen LogP contribution in [0.15, 0.2) is 0 Å². The average molecular weight is 312 g/mol. The monoisotopic (exact) mass is 312 g/mol. The minimum atomic E-state index is -0.130. The van der Waals surface area contributed by atoms with E-state index >= 15 is 0 Å². The van der Waals surface area contributed by atoms with Gasteiger partial charge in [0.2, 0.25) is 0 Å². The molecule has 0 radical (unpaired) electrons. The zero-order valence-corrected chi connectivity index (χ0v) is 13.5. The number of nitrogen functional groups attached to an aromatic ring is 1. The Morgan fingerprint density at radius 1 is 1.48 bits per heavy atom. The van der Waals surface area contributed by atoms with Gasteiger partial charge in [0, 0.05) is 26.3 Å². The second-order valence-electron chi connectivity index (χ2n) is 5.77. The van der Waals surface area contributed by atoms with Crippen molar-refractivity contribution in [2.45, 2.75) is 26.7 Å². The predicted octanol–water partition coefficient (Wildman–Crippen LogP) is 1.95. The third-order valence-corrected chi connectivity index (χ3v) is 4.44. The van der Waals surface area contributed by atoms with Gasteiger partial charge < -0.3 is 21.1 Å². The number of hydrogen-bond acceptors (Lipinski definition) is 6. The fourth-order valence-corrected chi connectivity index (χ4v) is 2.94. The van der Waals surface area contributed by atoms with E-state index in [0.29, 0.717) is 34.2 Å². The van der Waals surface area contributed by atoms with Gasteiger partial charge in [0.05, 0.1) is 0 Å². The van der Waals surface area contributed by atoms with Crippen LogP contribution in [0.3, 0.4) is 0 Å². The average Bonchev–Trinajstić information content (AvgIpc) is 2.85. The van der Waals surface area contributed by atoms with Gasteiger partial charge in [-0.2, -0.15) is 0 Å². The summed E-state index contributed by atoms with van der Waals surface area (Å²) in [7, 11) is 0. The molecular weight excluding hydrogens is 288 g/mol. The lowest BCUT2D eigenvalue weighted by Gasteiger charge is -2.21. The van der Waals surface area contributed by atoms with Crippen molar-refractivity contribution in [1.29, 1.82) is 0 Å².